The molecule has 31 heavy (non-hydrogen) atoms. The molecule has 0 amide bonds. The summed E-state index contributed by atoms with van der Waals surface area (Å²) in [5.41, 5.74) is 0.668. The summed E-state index contributed by atoms with van der Waals surface area (Å²) in [5, 5.41) is 58.9. The predicted octanol–water partition coefficient (Wildman–Crippen LogP) is -0.0170. The lowest BCUT2D eigenvalue weighted by molar-refractivity contribution is -0.277. The summed E-state index contributed by atoms with van der Waals surface area (Å²) in [6, 6.07) is 8.56. The number of ether oxygens (including phenoxy) is 3. The Morgan fingerprint density at radius 1 is 0.968 bits per heavy atom. The van der Waals surface area contributed by atoms with Gasteiger partial charge in [0.15, 0.2) is 5.78 Å². The molecule has 0 radical (unpaired) electrons. The van der Waals surface area contributed by atoms with E-state index in [0.717, 1.165) is 6.07 Å². The normalized spacial score (nSPS) is 30.4. The molecule has 0 bridgehead atoms. The summed E-state index contributed by atoms with van der Waals surface area (Å²) in [7, 11) is 0. The Morgan fingerprint density at radius 3 is 2.35 bits per heavy atom. The number of aliphatic hydroxyl groups excluding tert-OH is 4. The summed E-state index contributed by atoms with van der Waals surface area (Å²) < 4.78 is 16.8. The second kappa shape index (κ2) is 8.33. The summed E-state index contributed by atoms with van der Waals surface area (Å²) in [5.74, 6) is -0.669. The maximum atomic E-state index is 12.9. The fraction of sp³-hybridized carbons (Fsp3) is 0.381. The van der Waals surface area contributed by atoms with E-state index in [1.54, 1.807) is 12.1 Å². The first kappa shape index (κ1) is 21.3. The van der Waals surface area contributed by atoms with E-state index >= 15 is 0 Å². The number of aliphatic hydroxyl groups is 4. The lowest BCUT2D eigenvalue weighted by Crippen LogP contribution is -2.60. The molecule has 0 aromatic heterocycles. The number of carbonyl (C=O) groups is 1. The van der Waals surface area contributed by atoms with Crippen LogP contribution >= 0.6 is 0 Å². The fourth-order valence-electron chi connectivity index (χ4n) is 3.67. The van der Waals surface area contributed by atoms with Crippen molar-refractivity contribution >= 4 is 5.78 Å². The van der Waals surface area contributed by atoms with Gasteiger partial charge in [0.25, 0.3) is 0 Å². The zero-order chi connectivity index (χ0) is 22.3. The first-order chi connectivity index (χ1) is 14.8. The van der Waals surface area contributed by atoms with Crippen molar-refractivity contribution in [2.45, 2.75) is 43.2 Å². The Balaban J connectivity index is 1.63. The molecule has 0 spiro atoms. The van der Waals surface area contributed by atoms with Gasteiger partial charge < -0.3 is 44.8 Å². The molecule has 10 heteroatoms. The average Bonchev–Trinajstić information content (AvgIpc) is 2.74. The molecule has 2 heterocycles. The molecule has 2 aliphatic heterocycles. The number of hydrogen-bond acceptors (Lipinski definition) is 10. The van der Waals surface area contributed by atoms with Crippen molar-refractivity contribution in [1.29, 1.82) is 0 Å². The van der Waals surface area contributed by atoms with Crippen molar-refractivity contribution in [3.05, 3.63) is 47.5 Å². The van der Waals surface area contributed by atoms with Crippen LogP contribution in [0.1, 0.15) is 28.4 Å². The highest BCUT2D eigenvalue weighted by atomic mass is 16.7. The quantitative estimate of drug-likeness (QED) is 0.385. The van der Waals surface area contributed by atoms with Crippen molar-refractivity contribution in [1.82, 2.24) is 0 Å². The van der Waals surface area contributed by atoms with Gasteiger partial charge in [-0.2, -0.15) is 0 Å². The van der Waals surface area contributed by atoms with Crippen LogP contribution in [0.2, 0.25) is 0 Å². The van der Waals surface area contributed by atoms with Crippen LogP contribution in [0.4, 0.5) is 0 Å². The second-order valence-electron chi connectivity index (χ2n) is 7.46. The maximum absolute atomic E-state index is 12.9. The number of benzene rings is 2. The van der Waals surface area contributed by atoms with Crippen molar-refractivity contribution < 1.29 is 49.6 Å². The summed E-state index contributed by atoms with van der Waals surface area (Å²) >= 11 is 0. The minimum absolute atomic E-state index is 0.0183. The lowest BCUT2D eigenvalue weighted by Gasteiger charge is -2.40. The second-order valence-corrected chi connectivity index (χ2v) is 7.46. The fourth-order valence-corrected chi connectivity index (χ4v) is 3.67. The van der Waals surface area contributed by atoms with Crippen LogP contribution in [0.25, 0.3) is 0 Å². The summed E-state index contributed by atoms with van der Waals surface area (Å²) in [6.07, 6.45) is -8.31. The first-order valence-corrected chi connectivity index (χ1v) is 9.61. The van der Waals surface area contributed by atoms with Crippen LogP contribution in [0.3, 0.4) is 0 Å². The molecular weight excluding hydrogens is 412 g/mol. The van der Waals surface area contributed by atoms with Crippen LogP contribution in [0, 0.1) is 0 Å². The maximum Gasteiger partial charge on any atom is 0.229 e. The Morgan fingerprint density at radius 2 is 1.68 bits per heavy atom. The highest BCUT2D eigenvalue weighted by molar-refractivity contribution is 6.02. The Labute approximate surface area is 176 Å². The zero-order valence-corrected chi connectivity index (χ0v) is 16.2. The first-order valence-electron chi connectivity index (χ1n) is 9.61. The van der Waals surface area contributed by atoms with Gasteiger partial charge in [-0.05, 0) is 17.7 Å². The number of rotatable bonds is 4. The van der Waals surface area contributed by atoms with Crippen molar-refractivity contribution in [3.8, 4) is 23.0 Å². The highest BCUT2D eigenvalue weighted by Crippen LogP contribution is 2.43. The van der Waals surface area contributed by atoms with Gasteiger partial charge in [-0.3, -0.25) is 4.79 Å². The van der Waals surface area contributed by atoms with Gasteiger partial charge in [0.05, 0.1) is 13.0 Å². The largest absolute Gasteiger partial charge is 0.508 e. The standard InChI is InChI=1S/C21H22O10/c22-8-16-18(26)19(27)20(28)21(31-16)30-15-6-11(24)5-14-17(15)12(25)7-13(29-14)9-1-3-10(23)4-2-9/h1-6,13,16,18-24,26-28H,7-8H2/t13-,16-,18+,19-,20+,21-/m0/s1. The molecule has 2 aliphatic rings. The molecule has 2 aromatic carbocycles. The number of fused-ring (bicyclic) bond motifs is 1. The molecule has 6 N–H and O–H groups in total. The van der Waals surface area contributed by atoms with Crippen LogP contribution in [0.15, 0.2) is 36.4 Å². The third-order valence-corrected chi connectivity index (χ3v) is 5.33. The number of phenolic OH excluding ortho intramolecular Hbond substituents is 2. The predicted molar refractivity (Wildman–Crippen MR) is 103 cm³/mol. The molecule has 166 valence electrons. The number of ketones is 1. The topological polar surface area (TPSA) is 166 Å². The minimum Gasteiger partial charge on any atom is -0.508 e. The number of hydrogen-bond donors (Lipinski definition) is 6. The van der Waals surface area contributed by atoms with E-state index in [2.05, 4.69) is 0 Å². The molecule has 0 unspecified atom stereocenters. The van der Waals surface area contributed by atoms with E-state index in [1.165, 1.54) is 18.2 Å². The molecule has 6 atom stereocenters. The van der Waals surface area contributed by atoms with Gasteiger partial charge in [0, 0.05) is 12.1 Å². The summed E-state index contributed by atoms with van der Waals surface area (Å²) in [6.45, 7) is -0.640. The van der Waals surface area contributed by atoms with Crippen LogP contribution in [-0.2, 0) is 4.74 Å². The van der Waals surface area contributed by atoms with E-state index in [4.69, 9.17) is 14.2 Å². The molecule has 1 saturated heterocycles. The molecule has 1 fully saturated rings. The number of aromatic hydroxyl groups is 2. The van der Waals surface area contributed by atoms with E-state index < -0.39 is 43.4 Å². The Bertz CT molecular complexity index is 957. The SMILES string of the molecule is O=C1C[C@@H](c2ccc(O)cc2)Oc2cc(O)cc(O[C@H]3O[C@@H](CO)[C@@H](O)[C@H](O)[C@H]3O)c21. The van der Waals surface area contributed by atoms with E-state index in [9.17, 15) is 35.4 Å². The molecular formula is C21H22O10. The van der Waals surface area contributed by atoms with Crippen LogP contribution in [0.5, 0.6) is 23.0 Å². The van der Waals surface area contributed by atoms with Crippen molar-refractivity contribution in [2.24, 2.45) is 0 Å². The average molecular weight is 434 g/mol. The van der Waals surface area contributed by atoms with Gasteiger partial charge in [-0.15, -0.1) is 0 Å². The van der Waals surface area contributed by atoms with Gasteiger partial charge in [0.2, 0.25) is 6.29 Å². The minimum atomic E-state index is -1.68. The smallest absolute Gasteiger partial charge is 0.229 e. The number of carbonyl (C=O) groups excluding carboxylic acids is 1. The molecule has 2 aromatic rings. The van der Waals surface area contributed by atoms with Crippen LogP contribution in [-0.4, -0.2) is 73.7 Å². The van der Waals surface area contributed by atoms with Crippen molar-refractivity contribution in [2.75, 3.05) is 6.61 Å². The van der Waals surface area contributed by atoms with E-state index in [1.807, 2.05) is 0 Å². The third kappa shape index (κ3) is 4.03. The lowest BCUT2D eigenvalue weighted by atomic mass is 9.95. The van der Waals surface area contributed by atoms with Crippen molar-refractivity contribution in [3.63, 3.8) is 0 Å². The van der Waals surface area contributed by atoms with E-state index in [0.29, 0.717) is 5.56 Å². The molecule has 4 rings (SSSR count). The third-order valence-electron chi connectivity index (χ3n) is 5.33. The highest BCUT2D eigenvalue weighted by Gasteiger charge is 2.45. The summed E-state index contributed by atoms with van der Waals surface area (Å²) in [4.78, 5) is 12.9. The molecule has 0 aliphatic carbocycles. The molecule has 0 saturated carbocycles. The Kier molecular flexibility index (Phi) is 5.73. The molecule has 10 nitrogen and oxygen atoms in total. The monoisotopic (exact) mass is 434 g/mol. The van der Waals surface area contributed by atoms with Gasteiger partial charge in [-0.1, -0.05) is 12.1 Å². The Hall–Kier alpha value is -2.89. The number of Topliss-reactive ketones (excluding diaryl/α,β-unsaturated/α-hetero) is 1. The number of phenols is 2. The zero-order valence-electron chi connectivity index (χ0n) is 16.2. The van der Waals surface area contributed by atoms with E-state index in [-0.39, 0.29) is 40.8 Å². The van der Waals surface area contributed by atoms with Gasteiger partial charge in [-0.25, -0.2) is 0 Å². The van der Waals surface area contributed by atoms with Gasteiger partial charge in [0.1, 0.15) is 59.1 Å². The van der Waals surface area contributed by atoms with Gasteiger partial charge >= 0.3 is 0 Å². The van der Waals surface area contributed by atoms with Crippen LogP contribution < -0.4 is 9.47 Å².